The lowest BCUT2D eigenvalue weighted by Gasteiger charge is -2.32. The lowest BCUT2D eigenvalue weighted by atomic mass is 10.1. The number of benzene rings is 1. The minimum absolute atomic E-state index is 0.0385. The first-order valence-electron chi connectivity index (χ1n) is 7.24. The molecule has 0 saturated carbocycles. The third-order valence-corrected chi connectivity index (χ3v) is 3.69. The summed E-state index contributed by atoms with van der Waals surface area (Å²) < 4.78 is 0. The number of allylic oxidation sites excluding steroid dienone is 2. The van der Waals surface area contributed by atoms with Crippen molar-refractivity contribution >= 4 is 11.6 Å². The highest BCUT2D eigenvalue weighted by molar-refractivity contribution is 5.95. The maximum atomic E-state index is 12.5. The first kappa shape index (κ1) is 15.9. The molecule has 0 bridgehead atoms. The van der Waals surface area contributed by atoms with Crippen molar-refractivity contribution in [2.45, 2.75) is 0 Å². The smallest absolute Gasteiger partial charge is 0.253 e. The largest absolute Gasteiger partial charge is 0.398 e. The van der Waals surface area contributed by atoms with Gasteiger partial charge in [0.05, 0.1) is 5.82 Å². The molecule has 0 aliphatic carbocycles. The van der Waals surface area contributed by atoms with E-state index in [0.29, 0.717) is 11.3 Å². The summed E-state index contributed by atoms with van der Waals surface area (Å²) in [7, 11) is 2.06. The van der Waals surface area contributed by atoms with Crippen LogP contribution >= 0.6 is 0 Å². The number of likely N-dealkylation sites (N-methyl/N-ethyl adjacent to an activating group) is 1. The van der Waals surface area contributed by atoms with E-state index >= 15 is 0 Å². The van der Waals surface area contributed by atoms with Crippen LogP contribution in [-0.4, -0.2) is 48.9 Å². The number of nitrogens with zero attached hydrogens (tertiary/aromatic N) is 2. The molecular formula is C16H23N5O. The zero-order valence-electron chi connectivity index (χ0n) is 12.8. The van der Waals surface area contributed by atoms with E-state index in [1.165, 1.54) is 6.08 Å². The second kappa shape index (κ2) is 7.00. The monoisotopic (exact) mass is 301 g/mol. The third-order valence-electron chi connectivity index (χ3n) is 3.69. The van der Waals surface area contributed by atoms with Gasteiger partial charge in [0.1, 0.15) is 0 Å². The molecule has 1 aromatic carbocycles. The van der Waals surface area contributed by atoms with E-state index in [2.05, 4.69) is 11.9 Å². The topological polar surface area (TPSA) is 102 Å². The molecule has 1 saturated heterocycles. The predicted molar refractivity (Wildman–Crippen MR) is 88.5 cm³/mol. The van der Waals surface area contributed by atoms with Crippen molar-refractivity contribution in [1.29, 1.82) is 0 Å². The number of hydrogen-bond acceptors (Lipinski definition) is 5. The van der Waals surface area contributed by atoms with Crippen LogP contribution in [0.15, 0.2) is 42.2 Å². The number of rotatable bonds is 3. The molecule has 0 atom stereocenters. The molecule has 0 radical (unpaired) electrons. The number of amides is 1. The van der Waals surface area contributed by atoms with Crippen molar-refractivity contribution in [2.24, 2.45) is 17.2 Å². The molecule has 1 aliphatic heterocycles. The summed E-state index contributed by atoms with van der Waals surface area (Å²) in [6.07, 6.45) is 3.17. The average Bonchev–Trinajstić information content (AvgIpc) is 2.52. The molecule has 1 aliphatic rings. The maximum Gasteiger partial charge on any atom is 0.253 e. The van der Waals surface area contributed by atoms with Gasteiger partial charge in [-0.2, -0.15) is 0 Å². The van der Waals surface area contributed by atoms with Crippen LogP contribution in [0.25, 0.3) is 5.70 Å². The van der Waals surface area contributed by atoms with Gasteiger partial charge in [-0.3, -0.25) is 4.79 Å². The lowest BCUT2D eigenvalue weighted by molar-refractivity contribution is 0.0664. The van der Waals surface area contributed by atoms with E-state index in [1.807, 2.05) is 23.1 Å². The van der Waals surface area contributed by atoms with Gasteiger partial charge in [-0.25, -0.2) is 0 Å². The van der Waals surface area contributed by atoms with Crippen LogP contribution in [0.2, 0.25) is 0 Å². The Morgan fingerprint density at radius 3 is 2.32 bits per heavy atom. The van der Waals surface area contributed by atoms with E-state index in [1.54, 1.807) is 12.1 Å². The molecule has 0 spiro atoms. The molecule has 6 heteroatoms. The van der Waals surface area contributed by atoms with E-state index in [4.69, 9.17) is 17.2 Å². The van der Waals surface area contributed by atoms with Gasteiger partial charge in [-0.05, 0) is 36.9 Å². The van der Waals surface area contributed by atoms with Crippen molar-refractivity contribution < 1.29 is 4.79 Å². The quantitative estimate of drug-likeness (QED) is 0.689. The first-order chi connectivity index (χ1) is 10.5. The van der Waals surface area contributed by atoms with Crippen molar-refractivity contribution in [1.82, 2.24) is 9.80 Å². The minimum Gasteiger partial charge on any atom is -0.398 e. The van der Waals surface area contributed by atoms with E-state index in [0.717, 1.165) is 31.7 Å². The van der Waals surface area contributed by atoms with Gasteiger partial charge in [0.15, 0.2) is 0 Å². The number of piperazine rings is 1. The Morgan fingerprint density at radius 1 is 1.05 bits per heavy atom. The van der Waals surface area contributed by atoms with Crippen LogP contribution in [0, 0.1) is 0 Å². The van der Waals surface area contributed by atoms with Crippen LogP contribution in [0.3, 0.4) is 0 Å². The number of carbonyl (C=O) groups excluding carboxylic acids is 1. The van der Waals surface area contributed by atoms with Crippen molar-refractivity contribution in [3.63, 3.8) is 0 Å². The number of hydrogen-bond donors (Lipinski definition) is 3. The van der Waals surface area contributed by atoms with Gasteiger partial charge in [0.25, 0.3) is 5.91 Å². The standard InChI is InChI=1S/C16H23N5O/c1-20-7-9-21(10-8-20)16(22)13-4-2-3-12(11-13)14(17)5-6-15(18)19/h2-6,11H,7-10,17-19H2,1H3/b14-5-. The Balaban J connectivity index is 2.16. The molecule has 118 valence electrons. The van der Waals surface area contributed by atoms with Crippen molar-refractivity contribution in [3.05, 3.63) is 53.4 Å². The highest BCUT2D eigenvalue weighted by atomic mass is 16.2. The number of nitrogens with two attached hydrogens (primary N) is 3. The highest BCUT2D eigenvalue weighted by Crippen LogP contribution is 2.14. The fourth-order valence-corrected chi connectivity index (χ4v) is 2.31. The van der Waals surface area contributed by atoms with Gasteiger partial charge >= 0.3 is 0 Å². The Hall–Kier alpha value is -2.47. The van der Waals surface area contributed by atoms with Gasteiger partial charge in [-0.1, -0.05) is 12.1 Å². The zero-order valence-corrected chi connectivity index (χ0v) is 12.8. The molecule has 22 heavy (non-hydrogen) atoms. The molecule has 0 aromatic heterocycles. The first-order valence-corrected chi connectivity index (χ1v) is 7.24. The summed E-state index contributed by atoms with van der Waals surface area (Å²) in [6, 6.07) is 7.29. The molecular weight excluding hydrogens is 278 g/mol. The van der Waals surface area contributed by atoms with Crippen LogP contribution in [-0.2, 0) is 0 Å². The maximum absolute atomic E-state index is 12.5. The molecule has 1 fully saturated rings. The summed E-state index contributed by atoms with van der Waals surface area (Å²) >= 11 is 0. The lowest BCUT2D eigenvalue weighted by Crippen LogP contribution is -2.47. The normalized spacial score (nSPS) is 16.4. The highest BCUT2D eigenvalue weighted by Gasteiger charge is 2.20. The molecule has 0 unspecified atom stereocenters. The summed E-state index contributed by atoms with van der Waals surface area (Å²) in [5.41, 5.74) is 18.7. The summed E-state index contributed by atoms with van der Waals surface area (Å²) in [5, 5.41) is 0. The molecule has 1 aromatic rings. The molecule has 1 heterocycles. The fraction of sp³-hybridized carbons (Fsp3) is 0.312. The Kier molecular flexibility index (Phi) is 5.06. The van der Waals surface area contributed by atoms with E-state index < -0.39 is 0 Å². The molecule has 6 N–H and O–H groups in total. The second-order valence-electron chi connectivity index (χ2n) is 5.46. The van der Waals surface area contributed by atoms with Gasteiger partial charge in [0, 0.05) is 37.4 Å². The molecule has 6 nitrogen and oxygen atoms in total. The Labute approximate surface area is 130 Å². The van der Waals surface area contributed by atoms with Crippen LogP contribution in [0.4, 0.5) is 0 Å². The van der Waals surface area contributed by atoms with Crippen molar-refractivity contribution in [3.8, 4) is 0 Å². The SMILES string of the molecule is CN1CCN(C(=O)c2cccc(/C(N)=C/C=C(N)N)c2)CC1. The van der Waals surface area contributed by atoms with E-state index in [9.17, 15) is 4.79 Å². The van der Waals surface area contributed by atoms with Gasteiger partial charge in [0.2, 0.25) is 0 Å². The van der Waals surface area contributed by atoms with Crippen molar-refractivity contribution in [2.75, 3.05) is 33.2 Å². The predicted octanol–water partition coefficient (Wildman–Crippen LogP) is 0.133. The Bertz CT molecular complexity index is 596. The minimum atomic E-state index is 0.0385. The zero-order chi connectivity index (χ0) is 16.1. The van der Waals surface area contributed by atoms with E-state index in [-0.39, 0.29) is 11.7 Å². The fourth-order valence-electron chi connectivity index (χ4n) is 2.31. The average molecular weight is 301 g/mol. The summed E-state index contributed by atoms with van der Waals surface area (Å²) in [4.78, 5) is 16.6. The van der Waals surface area contributed by atoms with Crippen LogP contribution in [0.1, 0.15) is 15.9 Å². The third kappa shape index (κ3) is 4.02. The molecule has 1 amide bonds. The number of carbonyl (C=O) groups is 1. The Morgan fingerprint density at radius 2 is 1.68 bits per heavy atom. The second-order valence-corrected chi connectivity index (χ2v) is 5.46. The molecule has 2 rings (SSSR count). The van der Waals surface area contributed by atoms with Gasteiger partial charge < -0.3 is 27.0 Å². The summed E-state index contributed by atoms with van der Waals surface area (Å²) in [5.74, 6) is 0.226. The van der Waals surface area contributed by atoms with Crippen LogP contribution in [0.5, 0.6) is 0 Å². The van der Waals surface area contributed by atoms with Gasteiger partial charge in [-0.15, -0.1) is 0 Å². The van der Waals surface area contributed by atoms with Crippen LogP contribution < -0.4 is 17.2 Å². The summed E-state index contributed by atoms with van der Waals surface area (Å²) in [6.45, 7) is 3.29.